The van der Waals surface area contributed by atoms with E-state index >= 15 is 0 Å². The van der Waals surface area contributed by atoms with E-state index in [1.54, 1.807) is 6.92 Å². The molecule has 1 heterocycles. The van der Waals surface area contributed by atoms with Gasteiger partial charge >= 0.3 is 11.9 Å². The average Bonchev–Trinajstić information content (AvgIpc) is 3.19. The monoisotopic (exact) mass is 409 g/mol. The van der Waals surface area contributed by atoms with Gasteiger partial charge in [0.1, 0.15) is 0 Å². The summed E-state index contributed by atoms with van der Waals surface area (Å²) in [6.45, 7) is 4.17. The van der Waals surface area contributed by atoms with E-state index in [1.807, 2.05) is 0 Å². The Labute approximate surface area is 175 Å². The number of carbonyl (C=O) groups excluding carboxylic acids is 2. The van der Waals surface area contributed by atoms with Gasteiger partial charge in [-0.3, -0.25) is 4.79 Å². The van der Waals surface area contributed by atoms with Crippen molar-refractivity contribution in [3.8, 4) is 0 Å². The number of esters is 2. The average molecular weight is 410 g/mol. The molecular formula is C22H39N3O4. The number of aromatic nitrogens is 3. The molecule has 166 valence electrons. The summed E-state index contributed by atoms with van der Waals surface area (Å²) in [5.41, 5.74) is 0.111. The summed E-state index contributed by atoms with van der Waals surface area (Å²) in [5, 5.41) is 7.81. The van der Waals surface area contributed by atoms with Gasteiger partial charge in [0.15, 0.2) is 5.69 Å². The molecule has 0 spiro atoms. The SMILES string of the molecule is CCCCCCCCCCCCCCCC(=O)OCn1ncc(C(=O)OCC)n1. The first kappa shape index (κ1) is 25.1. The van der Waals surface area contributed by atoms with Gasteiger partial charge in [0, 0.05) is 6.42 Å². The van der Waals surface area contributed by atoms with Crippen molar-refractivity contribution in [2.45, 2.75) is 110 Å². The Morgan fingerprint density at radius 1 is 0.828 bits per heavy atom. The van der Waals surface area contributed by atoms with E-state index in [2.05, 4.69) is 17.1 Å². The molecule has 0 bridgehead atoms. The van der Waals surface area contributed by atoms with Crippen molar-refractivity contribution in [3.63, 3.8) is 0 Å². The number of carbonyl (C=O) groups is 2. The molecule has 0 saturated heterocycles. The zero-order valence-corrected chi connectivity index (χ0v) is 18.4. The van der Waals surface area contributed by atoms with Gasteiger partial charge in [0.25, 0.3) is 0 Å². The second kappa shape index (κ2) is 17.0. The Hall–Kier alpha value is -1.92. The van der Waals surface area contributed by atoms with Gasteiger partial charge in [-0.05, 0) is 13.3 Å². The van der Waals surface area contributed by atoms with Crippen LogP contribution in [-0.4, -0.2) is 33.5 Å². The smallest absolute Gasteiger partial charge is 0.360 e. The Morgan fingerprint density at radius 2 is 1.38 bits per heavy atom. The van der Waals surface area contributed by atoms with Gasteiger partial charge in [-0.2, -0.15) is 5.10 Å². The second-order valence-electron chi connectivity index (χ2n) is 7.46. The third-order valence-corrected chi connectivity index (χ3v) is 4.85. The molecule has 0 N–H and O–H groups in total. The highest BCUT2D eigenvalue weighted by molar-refractivity contribution is 5.86. The molecular weight excluding hydrogens is 370 g/mol. The molecule has 0 saturated carbocycles. The molecule has 1 aromatic rings. The Bertz CT molecular complexity index is 560. The lowest BCUT2D eigenvalue weighted by Crippen LogP contribution is -2.13. The molecule has 0 aliphatic carbocycles. The summed E-state index contributed by atoms with van der Waals surface area (Å²) in [6, 6.07) is 0. The predicted octanol–water partition coefficient (Wildman–Crippen LogP) is 5.44. The number of unbranched alkanes of at least 4 members (excludes halogenated alkanes) is 12. The summed E-state index contributed by atoms with van der Waals surface area (Å²) in [7, 11) is 0. The lowest BCUT2D eigenvalue weighted by Gasteiger charge is -2.04. The molecule has 0 atom stereocenters. The summed E-state index contributed by atoms with van der Waals surface area (Å²) in [4.78, 5) is 24.5. The van der Waals surface area contributed by atoms with Gasteiger partial charge in [-0.25, -0.2) is 4.79 Å². The van der Waals surface area contributed by atoms with Crippen molar-refractivity contribution in [2.24, 2.45) is 0 Å². The number of hydrogen-bond acceptors (Lipinski definition) is 6. The summed E-state index contributed by atoms with van der Waals surface area (Å²) < 4.78 is 9.97. The van der Waals surface area contributed by atoms with Crippen LogP contribution in [0.4, 0.5) is 0 Å². The fourth-order valence-electron chi connectivity index (χ4n) is 3.15. The van der Waals surface area contributed by atoms with E-state index in [0.29, 0.717) is 6.42 Å². The van der Waals surface area contributed by atoms with E-state index in [1.165, 1.54) is 81.6 Å². The quantitative estimate of drug-likeness (QED) is 0.237. The van der Waals surface area contributed by atoms with Gasteiger partial charge in [0.05, 0.1) is 12.8 Å². The molecule has 0 aromatic carbocycles. The zero-order chi connectivity index (χ0) is 21.2. The van der Waals surface area contributed by atoms with E-state index in [4.69, 9.17) is 9.47 Å². The van der Waals surface area contributed by atoms with Crippen molar-refractivity contribution in [1.82, 2.24) is 15.0 Å². The first-order valence-corrected chi connectivity index (χ1v) is 11.4. The minimum Gasteiger partial charge on any atom is -0.461 e. The third-order valence-electron chi connectivity index (χ3n) is 4.85. The standard InChI is InChI=1S/C22H39N3O4/c1-3-5-6-7-8-9-10-11-12-13-14-15-16-17-21(26)29-19-25-23-18-20(24-25)22(27)28-4-2/h18H,3-17,19H2,1-2H3. The first-order chi connectivity index (χ1) is 14.2. The number of nitrogens with zero attached hydrogens (tertiary/aromatic N) is 3. The summed E-state index contributed by atoms with van der Waals surface area (Å²) >= 11 is 0. The van der Waals surface area contributed by atoms with Crippen LogP contribution >= 0.6 is 0 Å². The summed E-state index contributed by atoms with van der Waals surface area (Å²) in [5.74, 6) is -0.792. The number of rotatable bonds is 18. The minimum atomic E-state index is -0.531. The fourth-order valence-corrected chi connectivity index (χ4v) is 3.15. The Balaban J connectivity index is 1.92. The molecule has 0 aliphatic heterocycles. The molecule has 0 unspecified atom stereocenters. The van der Waals surface area contributed by atoms with Crippen LogP contribution < -0.4 is 0 Å². The molecule has 0 amide bonds. The maximum Gasteiger partial charge on any atom is 0.360 e. The van der Waals surface area contributed by atoms with Crippen molar-refractivity contribution in [3.05, 3.63) is 11.9 Å². The molecule has 1 rings (SSSR count). The van der Waals surface area contributed by atoms with Crippen LogP contribution in [0, 0.1) is 0 Å². The van der Waals surface area contributed by atoms with E-state index in [9.17, 15) is 9.59 Å². The van der Waals surface area contributed by atoms with Crippen LogP contribution in [0.2, 0.25) is 0 Å². The molecule has 0 aliphatic rings. The van der Waals surface area contributed by atoms with E-state index < -0.39 is 5.97 Å². The lowest BCUT2D eigenvalue weighted by atomic mass is 10.0. The van der Waals surface area contributed by atoms with Crippen LogP contribution in [-0.2, 0) is 21.0 Å². The summed E-state index contributed by atoms with van der Waals surface area (Å²) in [6.07, 6.45) is 18.3. The zero-order valence-electron chi connectivity index (χ0n) is 18.4. The lowest BCUT2D eigenvalue weighted by molar-refractivity contribution is -0.148. The highest BCUT2D eigenvalue weighted by atomic mass is 16.5. The van der Waals surface area contributed by atoms with Crippen LogP contribution in [0.25, 0.3) is 0 Å². The maximum atomic E-state index is 11.8. The molecule has 29 heavy (non-hydrogen) atoms. The van der Waals surface area contributed by atoms with E-state index in [0.717, 1.165) is 12.8 Å². The first-order valence-electron chi connectivity index (χ1n) is 11.4. The van der Waals surface area contributed by atoms with Crippen molar-refractivity contribution in [1.29, 1.82) is 0 Å². The number of ether oxygens (including phenoxy) is 2. The molecule has 7 nitrogen and oxygen atoms in total. The Kier molecular flexibility index (Phi) is 14.7. The molecule has 0 radical (unpaired) electrons. The molecule has 1 aromatic heterocycles. The van der Waals surface area contributed by atoms with Crippen molar-refractivity contribution < 1.29 is 19.1 Å². The maximum absolute atomic E-state index is 11.8. The molecule has 7 heteroatoms. The van der Waals surface area contributed by atoms with Crippen molar-refractivity contribution in [2.75, 3.05) is 6.61 Å². The highest BCUT2D eigenvalue weighted by Gasteiger charge is 2.12. The van der Waals surface area contributed by atoms with Gasteiger partial charge in [0.2, 0.25) is 6.73 Å². The second-order valence-corrected chi connectivity index (χ2v) is 7.46. The van der Waals surface area contributed by atoms with Crippen molar-refractivity contribution >= 4 is 11.9 Å². The van der Waals surface area contributed by atoms with Crippen LogP contribution in [0.5, 0.6) is 0 Å². The predicted molar refractivity (Wildman–Crippen MR) is 112 cm³/mol. The molecule has 0 fully saturated rings. The van der Waals surface area contributed by atoms with Crippen LogP contribution in [0.1, 0.15) is 114 Å². The third kappa shape index (κ3) is 13.0. The highest BCUT2D eigenvalue weighted by Crippen LogP contribution is 2.13. The van der Waals surface area contributed by atoms with Gasteiger partial charge in [-0.1, -0.05) is 84.0 Å². The Morgan fingerprint density at radius 3 is 1.93 bits per heavy atom. The van der Waals surface area contributed by atoms with Crippen LogP contribution in [0.3, 0.4) is 0 Å². The minimum absolute atomic E-state index is 0.0866. The van der Waals surface area contributed by atoms with Gasteiger partial charge in [-0.15, -0.1) is 9.90 Å². The largest absolute Gasteiger partial charge is 0.461 e. The van der Waals surface area contributed by atoms with Crippen LogP contribution in [0.15, 0.2) is 6.20 Å². The van der Waals surface area contributed by atoms with Gasteiger partial charge < -0.3 is 9.47 Å². The fraction of sp³-hybridized carbons (Fsp3) is 0.818. The number of hydrogen-bond donors (Lipinski definition) is 0. The van der Waals surface area contributed by atoms with E-state index in [-0.39, 0.29) is 25.0 Å². The topological polar surface area (TPSA) is 83.3 Å². The normalized spacial score (nSPS) is 10.8.